The monoisotopic (exact) mass is 1380 g/mol. The molecule has 0 N–H and O–H groups in total. The predicted molar refractivity (Wildman–Crippen MR) is 403 cm³/mol. The van der Waals surface area contributed by atoms with E-state index in [2.05, 4.69) is 378 Å². The molecular formula is C82H80Cu2P6. The van der Waals surface area contributed by atoms with E-state index in [1.54, 1.807) is 0 Å². The summed E-state index contributed by atoms with van der Waals surface area (Å²) < 4.78 is 0. The van der Waals surface area contributed by atoms with Crippen LogP contribution in [-0.2, 0) is 34.1 Å². The maximum atomic E-state index is 2.61. The van der Waals surface area contributed by atoms with Crippen LogP contribution in [0.2, 0.25) is 0 Å². The SMILES string of the molecule is CC(CP(c1ccccc1)c1ccccc1)(CP(c1ccccc1)c1ccccc1)CP(c1ccccc1)c1ccccc1.CC(CP(c1ccccc1)c1ccccc1)(CP(c1ccccc1)c1ccccc1)CP(c1ccccc1)c1ccccc1.[CuH].[CuH]. The third-order valence-electron chi connectivity index (χ3n) is 16.1. The van der Waals surface area contributed by atoms with Crippen molar-refractivity contribution in [3.05, 3.63) is 364 Å². The van der Waals surface area contributed by atoms with Crippen LogP contribution in [0.3, 0.4) is 0 Å². The van der Waals surface area contributed by atoms with E-state index in [1.165, 1.54) is 63.7 Å². The fraction of sp³-hybridized carbons (Fsp3) is 0.122. The van der Waals surface area contributed by atoms with Crippen LogP contribution in [0.1, 0.15) is 13.8 Å². The average Bonchev–Trinajstić information content (AvgIpc) is 3.29. The van der Waals surface area contributed by atoms with Crippen LogP contribution >= 0.6 is 47.5 Å². The molecule has 0 amide bonds. The van der Waals surface area contributed by atoms with Gasteiger partial charge in [0.2, 0.25) is 0 Å². The molecule has 90 heavy (non-hydrogen) atoms. The average molecular weight is 1380 g/mol. The molecule has 12 aromatic rings. The molecule has 12 rings (SSSR count). The Bertz CT molecular complexity index is 2980. The number of hydrogen-bond acceptors (Lipinski definition) is 0. The Morgan fingerprint density at radius 1 is 0.156 bits per heavy atom. The zero-order chi connectivity index (χ0) is 60.1. The molecule has 0 nitrogen and oxygen atoms in total. The maximum absolute atomic E-state index is 2.61. The molecule has 0 fully saturated rings. The van der Waals surface area contributed by atoms with Gasteiger partial charge in [0.1, 0.15) is 0 Å². The van der Waals surface area contributed by atoms with Gasteiger partial charge in [-0.2, -0.15) is 0 Å². The molecule has 8 heteroatoms. The Balaban J connectivity index is 0.000000209. The van der Waals surface area contributed by atoms with Gasteiger partial charge in [-0.1, -0.05) is 378 Å². The minimum atomic E-state index is -0.555. The van der Waals surface area contributed by atoms with Crippen LogP contribution in [0.15, 0.2) is 364 Å². The van der Waals surface area contributed by atoms with E-state index in [0.717, 1.165) is 37.0 Å². The number of rotatable bonds is 24. The first kappa shape index (κ1) is 68.6. The fourth-order valence-electron chi connectivity index (χ4n) is 11.9. The van der Waals surface area contributed by atoms with E-state index in [-0.39, 0.29) is 45.0 Å². The fourth-order valence-corrected chi connectivity index (χ4v) is 29.2. The van der Waals surface area contributed by atoms with Gasteiger partial charge in [-0.3, -0.25) is 0 Å². The topological polar surface area (TPSA) is 0 Å². The molecule has 0 atom stereocenters. The van der Waals surface area contributed by atoms with Gasteiger partial charge in [0.05, 0.1) is 0 Å². The van der Waals surface area contributed by atoms with Crippen molar-refractivity contribution in [1.82, 2.24) is 0 Å². The van der Waals surface area contributed by atoms with Crippen molar-refractivity contribution < 1.29 is 34.1 Å². The number of hydrogen-bond donors (Lipinski definition) is 0. The molecule has 460 valence electrons. The molecule has 2 radical (unpaired) electrons. The quantitative estimate of drug-likeness (QED) is 0.0418. The first-order valence-corrected chi connectivity index (χ1v) is 39.8. The van der Waals surface area contributed by atoms with Crippen molar-refractivity contribution >= 4 is 111 Å². The van der Waals surface area contributed by atoms with Gasteiger partial charge in [-0.25, -0.2) is 0 Å². The van der Waals surface area contributed by atoms with Crippen LogP contribution in [0.4, 0.5) is 0 Å². The Morgan fingerprint density at radius 2 is 0.233 bits per heavy atom. The Kier molecular flexibility index (Phi) is 26.9. The van der Waals surface area contributed by atoms with Gasteiger partial charge in [-0.15, -0.1) is 0 Å². The molecule has 0 bridgehead atoms. The van der Waals surface area contributed by atoms with Gasteiger partial charge in [0.25, 0.3) is 0 Å². The molecule has 0 aromatic heterocycles. The standard InChI is InChI=1S/2C41H39P3.2Cu.2H/c2*1-41(32-42(35-20-8-2-9-21-35)36-22-10-3-11-23-36,33-43(37-24-12-4-13-25-37)38-26-14-5-15-27-38)34-44(39-28-16-6-17-29-39)40-30-18-7-19-31-40;;;;/h2*2-31H,32-34H2,1H3;;;;. The second-order valence-electron chi connectivity index (χ2n) is 23.2. The molecule has 12 aromatic carbocycles. The summed E-state index contributed by atoms with van der Waals surface area (Å²) in [4.78, 5) is 0. The molecule has 0 saturated carbocycles. The summed E-state index contributed by atoms with van der Waals surface area (Å²) in [5, 5.41) is 17.6. The molecule has 0 aliphatic heterocycles. The summed E-state index contributed by atoms with van der Waals surface area (Å²) in [5.41, 5.74) is 0.151. The zero-order valence-electron chi connectivity index (χ0n) is 51.2. The summed E-state index contributed by atoms with van der Waals surface area (Å²) >= 11 is 0. The van der Waals surface area contributed by atoms with Crippen LogP contribution in [-0.4, -0.2) is 37.0 Å². The molecule has 0 aliphatic carbocycles. The van der Waals surface area contributed by atoms with E-state index >= 15 is 0 Å². The second-order valence-corrected chi connectivity index (χ2v) is 36.4. The van der Waals surface area contributed by atoms with Crippen LogP contribution in [0.5, 0.6) is 0 Å². The summed E-state index contributed by atoms with van der Waals surface area (Å²) in [7, 11) is -3.33. The summed E-state index contributed by atoms with van der Waals surface area (Å²) in [6, 6.07) is 135. The van der Waals surface area contributed by atoms with E-state index < -0.39 is 47.5 Å². The van der Waals surface area contributed by atoms with E-state index in [0.29, 0.717) is 0 Å². The van der Waals surface area contributed by atoms with Crippen molar-refractivity contribution in [1.29, 1.82) is 0 Å². The molecule has 0 heterocycles. The van der Waals surface area contributed by atoms with E-state index in [1.807, 2.05) is 0 Å². The van der Waals surface area contributed by atoms with Gasteiger partial charge in [0.15, 0.2) is 0 Å². The van der Waals surface area contributed by atoms with Crippen molar-refractivity contribution in [2.24, 2.45) is 10.8 Å². The first-order valence-electron chi connectivity index (χ1n) is 30.6. The Hall–Kier alpha value is -5.74. The molecule has 0 aliphatic rings. The van der Waals surface area contributed by atoms with Crippen LogP contribution < -0.4 is 63.7 Å². The van der Waals surface area contributed by atoms with Gasteiger partial charge >= 0.3 is 34.1 Å². The molecule has 0 unspecified atom stereocenters. The third kappa shape index (κ3) is 19.2. The van der Waals surface area contributed by atoms with E-state index in [9.17, 15) is 0 Å². The van der Waals surface area contributed by atoms with Crippen molar-refractivity contribution in [3.63, 3.8) is 0 Å². The molecular weight excluding hydrogens is 1300 g/mol. The van der Waals surface area contributed by atoms with Gasteiger partial charge < -0.3 is 0 Å². The molecule has 0 spiro atoms. The normalized spacial score (nSPS) is 11.5. The van der Waals surface area contributed by atoms with Gasteiger partial charge in [-0.05, 0) is 159 Å². The number of benzene rings is 12. The Morgan fingerprint density at radius 3 is 0.311 bits per heavy atom. The van der Waals surface area contributed by atoms with Crippen molar-refractivity contribution in [2.45, 2.75) is 13.8 Å². The van der Waals surface area contributed by atoms with E-state index in [4.69, 9.17) is 0 Å². The molecule has 0 saturated heterocycles. The van der Waals surface area contributed by atoms with Crippen LogP contribution in [0.25, 0.3) is 0 Å². The zero-order valence-corrected chi connectivity index (χ0v) is 58.5. The summed E-state index contributed by atoms with van der Waals surface area (Å²) in [6.07, 6.45) is 6.88. The second kappa shape index (κ2) is 35.3. The summed E-state index contributed by atoms with van der Waals surface area (Å²) in [6.45, 7) is 5.22. The third-order valence-corrected chi connectivity index (χ3v) is 33.6. The Labute approximate surface area is 566 Å². The van der Waals surface area contributed by atoms with Gasteiger partial charge in [0, 0.05) is 0 Å². The van der Waals surface area contributed by atoms with Crippen molar-refractivity contribution in [3.8, 4) is 0 Å². The predicted octanol–water partition coefficient (Wildman–Crippen LogP) is 16.2. The first-order chi connectivity index (χ1) is 43.4. The summed E-state index contributed by atoms with van der Waals surface area (Å²) in [5.74, 6) is 0. The minimum absolute atomic E-state index is 0. The van der Waals surface area contributed by atoms with Crippen LogP contribution in [0, 0.1) is 10.8 Å². The van der Waals surface area contributed by atoms with Crippen molar-refractivity contribution in [2.75, 3.05) is 37.0 Å².